The lowest BCUT2D eigenvalue weighted by atomic mass is 10.0. The molecule has 0 radical (unpaired) electrons. The number of rotatable bonds is 8. The zero-order valence-corrected chi connectivity index (χ0v) is 16.8. The molecular weight excluding hydrogens is 386 g/mol. The Morgan fingerprint density at radius 2 is 1.80 bits per heavy atom. The molecule has 0 unspecified atom stereocenters. The number of benzene rings is 2. The third kappa shape index (κ3) is 5.26. The summed E-state index contributed by atoms with van der Waals surface area (Å²) in [7, 11) is 0. The van der Waals surface area contributed by atoms with Gasteiger partial charge in [-0.25, -0.2) is 9.59 Å². The Kier molecular flexibility index (Phi) is 6.51. The minimum absolute atomic E-state index is 0.134. The molecule has 7 nitrogen and oxygen atoms in total. The first-order valence-corrected chi connectivity index (χ1v) is 9.62. The van der Waals surface area contributed by atoms with Crippen molar-refractivity contribution < 1.29 is 23.8 Å². The number of carbonyl (C=O) groups excluding carboxylic acids is 1. The van der Waals surface area contributed by atoms with Crippen molar-refractivity contribution in [3.8, 4) is 17.1 Å². The second-order valence-corrected chi connectivity index (χ2v) is 7.39. The van der Waals surface area contributed by atoms with Gasteiger partial charge >= 0.3 is 11.6 Å². The first-order chi connectivity index (χ1) is 14.3. The Labute approximate surface area is 173 Å². The van der Waals surface area contributed by atoms with Gasteiger partial charge in [-0.15, -0.1) is 0 Å². The van der Waals surface area contributed by atoms with Crippen LogP contribution >= 0.6 is 0 Å². The summed E-state index contributed by atoms with van der Waals surface area (Å²) >= 11 is 0. The minimum atomic E-state index is -1.07. The van der Waals surface area contributed by atoms with Crippen LogP contribution in [0, 0.1) is 5.92 Å². The molecule has 1 heterocycles. The van der Waals surface area contributed by atoms with Crippen LogP contribution in [0.1, 0.15) is 20.3 Å². The van der Waals surface area contributed by atoms with E-state index in [4.69, 9.17) is 9.15 Å². The van der Waals surface area contributed by atoms with Gasteiger partial charge in [0, 0.05) is 5.56 Å². The van der Waals surface area contributed by atoms with Crippen molar-refractivity contribution in [2.24, 2.45) is 5.92 Å². The maximum atomic E-state index is 12.1. The predicted molar refractivity (Wildman–Crippen MR) is 112 cm³/mol. The Bertz CT molecular complexity index is 1100. The molecule has 1 amide bonds. The summed E-state index contributed by atoms with van der Waals surface area (Å²) in [5, 5.41) is 13.0. The Morgan fingerprint density at radius 3 is 2.47 bits per heavy atom. The zero-order chi connectivity index (χ0) is 21.7. The summed E-state index contributed by atoms with van der Waals surface area (Å²) in [4.78, 5) is 35.4. The van der Waals surface area contributed by atoms with Gasteiger partial charge in [-0.3, -0.25) is 4.79 Å². The quantitative estimate of drug-likeness (QED) is 0.590. The van der Waals surface area contributed by atoms with Crippen LogP contribution in [0.3, 0.4) is 0 Å². The van der Waals surface area contributed by atoms with E-state index in [9.17, 15) is 19.5 Å². The highest BCUT2D eigenvalue weighted by atomic mass is 16.5. The summed E-state index contributed by atoms with van der Waals surface area (Å²) in [6.45, 7) is 3.47. The van der Waals surface area contributed by atoms with E-state index >= 15 is 0 Å². The van der Waals surface area contributed by atoms with E-state index < -0.39 is 23.5 Å². The lowest BCUT2D eigenvalue weighted by Crippen LogP contribution is -2.43. The van der Waals surface area contributed by atoms with Crippen LogP contribution < -0.4 is 15.7 Å². The topological polar surface area (TPSA) is 106 Å². The molecule has 0 aliphatic rings. The molecule has 0 aliphatic carbocycles. The number of aliphatic carboxylic acids is 1. The average molecular weight is 409 g/mol. The van der Waals surface area contributed by atoms with E-state index in [0.717, 1.165) is 5.39 Å². The molecule has 0 saturated carbocycles. The van der Waals surface area contributed by atoms with Crippen molar-refractivity contribution in [2.45, 2.75) is 26.3 Å². The first kappa shape index (κ1) is 21.1. The van der Waals surface area contributed by atoms with E-state index in [2.05, 4.69) is 5.32 Å². The molecule has 2 aromatic carbocycles. The molecule has 0 aliphatic heterocycles. The second kappa shape index (κ2) is 9.26. The molecule has 3 aromatic rings. The normalized spacial score (nSPS) is 12.0. The smallest absolute Gasteiger partial charge is 0.344 e. The SMILES string of the molecule is CC(C)C[C@H](NC(=O)COc1ccc(-c2cc3ccccc3c(=O)o2)cc1)C(=O)O. The van der Waals surface area contributed by atoms with Gasteiger partial charge < -0.3 is 19.6 Å². The van der Waals surface area contributed by atoms with Crippen molar-refractivity contribution in [1.29, 1.82) is 0 Å². The molecule has 156 valence electrons. The van der Waals surface area contributed by atoms with Crippen LogP contribution in [0.5, 0.6) is 5.75 Å². The molecule has 1 atom stereocenters. The molecule has 7 heteroatoms. The first-order valence-electron chi connectivity index (χ1n) is 9.62. The molecule has 30 heavy (non-hydrogen) atoms. The number of hydrogen-bond donors (Lipinski definition) is 2. The monoisotopic (exact) mass is 409 g/mol. The molecular formula is C23H23NO6. The summed E-state index contributed by atoms with van der Waals surface area (Å²) in [6.07, 6.45) is 0.340. The third-order valence-electron chi connectivity index (χ3n) is 4.52. The highest BCUT2D eigenvalue weighted by Gasteiger charge is 2.21. The van der Waals surface area contributed by atoms with Gasteiger partial charge in [0.1, 0.15) is 17.6 Å². The van der Waals surface area contributed by atoms with Crippen molar-refractivity contribution in [3.05, 3.63) is 65.0 Å². The van der Waals surface area contributed by atoms with Gasteiger partial charge in [0.15, 0.2) is 6.61 Å². The molecule has 0 spiro atoms. The molecule has 0 fully saturated rings. The predicted octanol–water partition coefficient (Wildman–Crippen LogP) is 3.45. The molecule has 2 N–H and O–H groups in total. The summed E-state index contributed by atoms with van der Waals surface area (Å²) in [5.74, 6) is -0.574. The van der Waals surface area contributed by atoms with E-state index in [1.165, 1.54) is 0 Å². The number of fused-ring (bicyclic) bond motifs is 1. The summed E-state index contributed by atoms with van der Waals surface area (Å²) in [6, 6.07) is 14.8. The molecule has 0 bridgehead atoms. The summed E-state index contributed by atoms with van der Waals surface area (Å²) in [5.41, 5.74) is 0.284. The largest absolute Gasteiger partial charge is 0.484 e. The average Bonchev–Trinajstić information content (AvgIpc) is 2.72. The van der Waals surface area contributed by atoms with Crippen LogP contribution in [0.4, 0.5) is 0 Å². The number of nitrogens with one attached hydrogen (secondary N) is 1. The number of ether oxygens (including phenoxy) is 1. The lowest BCUT2D eigenvalue weighted by molar-refractivity contribution is -0.142. The summed E-state index contributed by atoms with van der Waals surface area (Å²) < 4.78 is 10.8. The highest BCUT2D eigenvalue weighted by molar-refractivity contribution is 5.85. The standard InChI is InChI=1S/C23H23NO6/c1-14(2)11-19(22(26)27)24-21(25)13-29-17-9-7-15(8-10-17)20-12-16-5-3-4-6-18(16)23(28)30-20/h3-10,12,14,19H,11,13H2,1-2H3,(H,24,25)(H,26,27)/t19-/m0/s1. The minimum Gasteiger partial charge on any atom is -0.484 e. The second-order valence-electron chi connectivity index (χ2n) is 7.39. The van der Waals surface area contributed by atoms with Gasteiger partial charge in [-0.2, -0.15) is 0 Å². The highest BCUT2D eigenvalue weighted by Crippen LogP contribution is 2.24. The van der Waals surface area contributed by atoms with Gasteiger partial charge in [0.2, 0.25) is 0 Å². The number of carbonyl (C=O) groups is 2. The van der Waals surface area contributed by atoms with Crippen LogP contribution in [0.2, 0.25) is 0 Å². The maximum absolute atomic E-state index is 12.1. The van der Waals surface area contributed by atoms with Crippen LogP contribution in [-0.4, -0.2) is 29.6 Å². The number of carboxylic acid groups (broad SMARTS) is 1. The number of amides is 1. The Morgan fingerprint density at radius 1 is 1.10 bits per heavy atom. The lowest BCUT2D eigenvalue weighted by Gasteiger charge is -2.16. The fourth-order valence-electron chi connectivity index (χ4n) is 3.07. The van der Waals surface area contributed by atoms with Crippen LogP contribution in [0.25, 0.3) is 22.1 Å². The van der Waals surface area contributed by atoms with Crippen molar-refractivity contribution in [3.63, 3.8) is 0 Å². The van der Waals surface area contributed by atoms with Crippen LogP contribution in [-0.2, 0) is 9.59 Å². The molecule has 1 aromatic heterocycles. The van der Waals surface area contributed by atoms with Gasteiger partial charge in [0.05, 0.1) is 5.39 Å². The van der Waals surface area contributed by atoms with Crippen molar-refractivity contribution in [1.82, 2.24) is 5.32 Å². The van der Waals surface area contributed by atoms with Gasteiger partial charge in [-0.05, 0) is 54.1 Å². The number of hydrogen-bond acceptors (Lipinski definition) is 5. The van der Waals surface area contributed by atoms with Crippen LogP contribution in [0.15, 0.2) is 63.8 Å². The van der Waals surface area contributed by atoms with Crippen molar-refractivity contribution in [2.75, 3.05) is 6.61 Å². The molecule has 3 rings (SSSR count). The zero-order valence-electron chi connectivity index (χ0n) is 16.8. The molecule has 0 saturated heterocycles. The van der Waals surface area contributed by atoms with E-state index in [1.807, 2.05) is 26.0 Å². The fraction of sp³-hybridized carbons (Fsp3) is 0.261. The van der Waals surface area contributed by atoms with E-state index in [0.29, 0.717) is 28.9 Å². The van der Waals surface area contributed by atoms with Crippen molar-refractivity contribution >= 4 is 22.6 Å². The Balaban J connectivity index is 1.64. The fourth-order valence-corrected chi connectivity index (χ4v) is 3.07. The van der Waals surface area contributed by atoms with E-state index in [1.54, 1.807) is 42.5 Å². The Hall–Kier alpha value is -3.61. The van der Waals surface area contributed by atoms with Gasteiger partial charge in [-0.1, -0.05) is 32.0 Å². The van der Waals surface area contributed by atoms with Gasteiger partial charge in [0.25, 0.3) is 5.91 Å². The maximum Gasteiger partial charge on any atom is 0.344 e. The third-order valence-corrected chi connectivity index (χ3v) is 4.52. The number of carboxylic acids is 1. The van der Waals surface area contributed by atoms with E-state index in [-0.39, 0.29) is 12.5 Å².